The zero-order chi connectivity index (χ0) is 15.0. The highest BCUT2D eigenvalue weighted by atomic mass is 14.2. The molecule has 0 spiro atoms. The summed E-state index contributed by atoms with van der Waals surface area (Å²) in [5.41, 5.74) is 0. The van der Waals surface area contributed by atoms with Crippen molar-refractivity contribution < 1.29 is 0 Å². The van der Waals surface area contributed by atoms with Crippen LogP contribution < -0.4 is 0 Å². The number of hydrogen-bond acceptors (Lipinski definition) is 0. The quantitative estimate of drug-likeness (QED) is 0.371. The topological polar surface area (TPSA) is 0 Å². The monoisotopic (exact) mass is 302 g/mol. The average Bonchev–Trinajstić information content (AvgIpc) is 3.04. The van der Waals surface area contributed by atoms with Crippen molar-refractivity contribution in [3.05, 3.63) is 0 Å². The SMILES string of the molecule is C1CCCC(B(C2CCCCCC2)C2CCCCCC2)CC1. The summed E-state index contributed by atoms with van der Waals surface area (Å²) in [5, 5.41) is 0. The third-order valence-corrected chi connectivity index (χ3v) is 7.33. The van der Waals surface area contributed by atoms with Crippen molar-refractivity contribution in [3.63, 3.8) is 0 Å². The lowest BCUT2D eigenvalue weighted by Gasteiger charge is -2.36. The number of rotatable bonds is 3. The number of hydrogen-bond donors (Lipinski definition) is 0. The lowest BCUT2D eigenvalue weighted by molar-refractivity contribution is 0.575. The molecule has 0 atom stereocenters. The van der Waals surface area contributed by atoms with Crippen LogP contribution in [0.4, 0.5) is 0 Å². The van der Waals surface area contributed by atoms with Gasteiger partial charge in [-0.05, 0) is 0 Å². The van der Waals surface area contributed by atoms with E-state index in [9.17, 15) is 0 Å². The Morgan fingerprint density at radius 1 is 0.318 bits per heavy atom. The van der Waals surface area contributed by atoms with Gasteiger partial charge in [-0.2, -0.15) is 0 Å². The van der Waals surface area contributed by atoms with E-state index in [1.807, 2.05) is 0 Å². The molecule has 0 aromatic heterocycles. The van der Waals surface area contributed by atoms with Gasteiger partial charge in [0, 0.05) is 0 Å². The van der Waals surface area contributed by atoms with Crippen molar-refractivity contribution in [2.75, 3.05) is 0 Å². The summed E-state index contributed by atoms with van der Waals surface area (Å²) in [6, 6.07) is 0. The summed E-state index contributed by atoms with van der Waals surface area (Å²) in [4.78, 5) is 0. The summed E-state index contributed by atoms with van der Waals surface area (Å²) >= 11 is 0. The minimum Gasteiger partial charge on any atom is -0.0617 e. The van der Waals surface area contributed by atoms with E-state index in [4.69, 9.17) is 0 Å². The lowest BCUT2D eigenvalue weighted by Crippen LogP contribution is -2.32. The van der Waals surface area contributed by atoms with Gasteiger partial charge in [0.05, 0.1) is 0 Å². The summed E-state index contributed by atoms with van der Waals surface area (Å²) in [7, 11) is 0. The van der Waals surface area contributed by atoms with Gasteiger partial charge < -0.3 is 0 Å². The zero-order valence-corrected chi connectivity index (χ0v) is 15.0. The first kappa shape index (κ1) is 16.9. The van der Waals surface area contributed by atoms with E-state index < -0.39 is 0 Å². The van der Waals surface area contributed by atoms with Gasteiger partial charge in [0.25, 0.3) is 0 Å². The maximum atomic E-state index is 1.58. The highest BCUT2D eigenvalue weighted by Crippen LogP contribution is 2.48. The molecule has 0 radical (unpaired) electrons. The Balaban J connectivity index is 1.72. The summed E-state index contributed by atoms with van der Waals surface area (Å²) in [6.07, 6.45) is 27.9. The van der Waals surface area contributed by atoms with Crippen LogP contribution in [0, 0.1) is 0 Å². The van der Waals surface area contributed by atoms with Crippen molar-refractivity contribution in [3.8, 4) is 0 Å². The molecule has 3 aliphatic rings. The van der Waals surface area contributed by atoms with Crippen LogP contribution in [0.2, 0.25) is 17.5 Å². The molecular weight excluding hydrogens is 263 g/mol. The fourth-order valence-electron chi connectivity index (χ4n) is 6.24. The van der Waals surface area contributed by atoms with Gasteiger partial charge in [-0.25, -0.2) is 0 Å². The van der Waals surface area contributed by atoms with Crippen molar-refractivity contribution in [1.29, 1.82) is 0 Å². The summed E-state index contributed by atoms with van der Waals surface area (Å²) < 4.78 is 0. The van der Waals surface area contributed by atoms with Crippen LogP contribution in [0.5, 0.6) is 0 Å². The van der Waals surface area contributed by atoms with E-state index in [1.54, 1.807) is 77.0 Å². The predicted molar refractivity (Wildman–Crippen MR) is 100 cm³/mol. The molecule has 22 heavy (non-hydrogen) atoms. The Labute approximate surface area is 140 Å². The molecule has 126 valence electrons. The first-order valence-electron chi connectivity index (χ1n) is 10.9. The molecule has 0 heterocycles. The molecule has 0 unspecified atom stereocenters. The lowest BCUT2D eigenvalue weighted by atomic mass is 9.25. The Kier molecular flexibility index (Phi) is 7.21. The first-order chi connectivity index (χ1) is 10.9. The molecule has 0 amide bonds. The second-order valence-electron chi connectivity index (χ2n) is 8.83. The van der Waals surface area contributed by atoms with Crippen molar-refractivity contribution in [1.82, 2.24) is 0 Å². The minimum absolute atomic E-state index is 1.11. The van der Waals surface area contributed by atoms with Crippen LogP contribution in [0.3, 0.4) is 0 Å². The summed E-state index contributed by atoms with van der Waals surface area (Å²) in [6.45, 7) is 1.12. The van der Waals surface area contributed by atoms with Crippen molar-refractivity contribution in [2.24, 2.45) is 0 Å². The maximum absolute atomic E-state index is 1.58. The smallest absolute Gasteiger partial charge is 0.0617 e. The molecule has 3 fully saturated rings. The van der Waals surface area contributed by atoms with Gasteiger partial charge in [0.2, 0.25) is 0 Å². The van der Waals surface area contributed by atoms with Crippen LogP contribution in [0.1, 0.15) is 116 Å². The van der Waals surface area contributed by atoms with E-state index in [0.29, 0.717) is 0 Å². The zero-order valence-electron chi connectivity index (χ0n) is 15.0. The molecule has 3 rings (SSSR count). The molecule has 0 saturated heterocycles. The fraction of sp³-hybridized carbons (Fsp3) is 1.00. The van der Waals surface area contributed by atoms with Crippen molar-refractivity contribution in [2.45, 2.75) is 133 Å². The van der Waals surface area contributed by atoms with Gasteiger partial charge in [0.1, 0.15) is 6.71 Å². The molecule has 3 saturated carbocycles. The van der Waals surface area contributed by atoms with E-state index >= 15 is 0 Å². The molecule has 0 nitrogen and oxygen atoms in total. The average molecular weight is 302 g/mol. The van der Waals surface area contributed by atoms with Gasteiger partial charge >= 0.3 is 0 Å². The van der Waals surface area contributed by atoms with Gasteiger partial charge in [-0.1, -0.05) is 133 Å². The Bertz CT molecular complexity index is 229. The Hall–Kier alpha value is 0.0649. The second-order valence-corrected chi connectivity index (χ2v) is 8.83. The molecule has 0 bridgehead atoms. The Morgan fingerprint density at radius 3 is 0.773 bits per heavy atom. The van der Waals surface area contributed by atoms with Crippen LogP contribution >= 0.6 is 0 Å². The minimum atomic E-state index is 1.11. The van der Waals surface area contributed by atoms with Crippen LogP contribution in [-0.4, -0.2) is 6.71 Å². The normalized spacial score (nSPS) is 27.8. The van der Waals surface area contributed by atoms with Crippen molar-refractivity contribution >= 4 is 6.71 Å². The van der Waals surface area contributed by atoms with Gasteiger partial charge in [-0.15, -0.1) is 0 Å². The third-order valence-electron chi connectivity index (χ3n) is 7.33. The third kappa shape index (κ3) is 4.78. The molecule has 0 aromatic rings. The van der Waals surface area contributed by atoms with Gasteiger partial charge in [-0.3, -0.25) is 0 Å². The second kappa shape index (κ2) is 9.38. The predicted octanol–water partition coefficient (Wildman–Crippen LogP) is 7.65. The Morgan fingerprint density at radius 2 is 0.545 bits per heavy atom. The van der Waals surface area contributed by atoms with E-state index in [-0.39, 0.29) is 0 Å². The highest BCUT2D eigenvalue weighted by Gasteiger charge is 2.38. The van der Waals surface area contributed by atoms with Gasteiger partial charge in [0.15, 0.2) is 0 Å². The van der Waals surface area contributed by atoms with E-state index in [2.05, 4.69) is 0 Å². The molecule has 0 aromatic carbocycles. The largest absolute Gasteiger partial charge is 0.149 e. The standard InChI is InChI=1S/C21H39B/c1-2-8-14-19(13-7-1)22(20-15-9-3-4-10-16-20)21-17-11-5-6-12-18-21/h19-21H,1-18H2. The summed E-state index contributed by atoms with van der Waals surface area (Å²) in [5.74, 6) is 3.32. The highest BCUT2D eigenvalue weighted by molar-refractivity contribution is 6.63. The van der Waals surface area contributed by atoms with E-state index in [0.717, 1.165) is 24.2 Å². The van der Waals surface area contributed by atoms with E-state index in [1.165, 1.54) is 38.5 Å². The first-order valence-corrected chi connectivity index (χ1v) is 10.9. The molecule has 0 aliphatic heterocycles. The maximum Gasteiger partial charge on any atom is 0.149 e. The molecule has 0 N–H and O–H groups in total. The van der Waals surface area contributed by atoms with Crippen LogP contribution in [0.25, 0.3) is 0 Å². The fourth-order valence-corrected chi connectivity index (χ4v) is 6.24. The molecular formula is C21H39B. The van der Waals surface area contributed by atoms with Crippen LogP contribution in [-0.2, 0) is 0 Å². The molecule has 3 aliphatic carbocycles. The molecule has 1 heteroatoms. The van der Waals surface area contributed by atoms with Crippen LogP contribution in [0.15, 0.2) is 0 Å².